The van der Waals surface area contributed by atoms with Crippen LogP contribution in [-0.2, 0) is 6.61 Å². The molecular weight excluding hydrogens is 410 g/mol. The number of fused-ring (bicyclic) bond motifs is 1. The van der Waals surface area contributed by atoms with Gasteiger partial charge in [-0.15, -0.1) is 0 Å². The number of carbonyl (C=O) groups excluding carboxylic acids is 2. The van der Waals surface area contributed by atoms with Crippen LogP contribution in [0.3, 0.4) is 0 Å². The molecule has 2 aromatic carbocycles. The number of aromatic nitrogens is 1. The molecule has 1 aliphatic heterocycles. The maximum absolute atomic E-state index is 12.9. The molecule has 7 nitrogen and oxygen atoms in total. The van der Waals surface area contributed by atoms with Crippen LogP contribution in [0.5, 0.6) is 17.2 Å². The van der Waals surface area contributed by atoms with Crippen LogP contribution in [0.15, 0.2) is 53.5 Å². The predicted octanol–water partition coefficient (Wildman–Crippen LogP) is 3.47. The Hall–Kier alpha value is -3.58. The number of aldehydes is 2. The average Bonchev–Trinajstić information content (AvgIpc) is 2.78. The van der Waals surface area contributed by atoms with Crippen LogP contribution in [-0.4, -0.2) is 30.4 Å². The summed E-state index contributed by atoms with van der Waals surface area (Å²) in [7, 11) is 0. The number of halogens is 1. The number of hydrogen-bond acceptors (Lipinski definition) is 6. The van der Waals surface area contributed by atoms with Crippen molar-refractivity contribution >= 4 is 24.2 Å². The Bertz CT molecular complexity index is 1190. The zero-order valence-electron chi connectivity index (χ0n) is 15.7. The van der Waals surface area contributed by atoms with Crippen molar-refractivity contribution in [3.63, 3.8) is 0 Å². The third-order valence-corrected chi connectivity index (χ3v) is 4.90. The van der Waals surface area contributed by atoms with Gasteiger partial charge in [-0.2, -0.15) is 0 Å². The van der Waals surface area contributed by atoms with E-state index in [9.17, 15) is 14.4 Å². The van der Waals surface area contributed by atoms with Crippen LogP contribution in [0.4, 0.5) is 0 Å². The van der Waals surface area contributed by atoms with Crippen molar-refractivity contribution in [2.75, 3.05) is 13.2 Å². The van der Waals surface area contributed by atoms with Gasteiger partial charge < -0.3 is 14.2 Å². The number of carbonyl (C=O) groups is 2. The lowest BCUT2D eigenvalue weighted by atomic mass is 10.1. The smallest absolute Gasteiger partial charge is 0.261 e. The molecule has 3 aromatic rings. The van der Waals surface area contributed by atoms with Gasteiger partial charge in [0.1, 0.15) is 25.6 Å². The SMILES string of the molecule is O=Cc1cc(Cl)c(OCc2cccn(-c3ccc4c(c3)OCCO4)c2=O)cc1C=O. The molecule has 1 aromatic heterocycles. The zero-order chi connectivity index (χ0) is 21.1. The standard InChI is InChI=1S/C22H16ClNO6/c23-18-8-15(11-25)16(12-26)9-20(18)30-13-14-2-1-5-24(22(14)27)17-3-4-19-21(10-17)29-7-6-28-19/h1-5,8-12H,6-7,13H2. The number of ether oxygens (including phenoxy) is 3. The van der Waals surface area contributed by atoms with Gasteiger partial charge in [-0.1, -0.05) is 11.6 Å². The van der Waals surface area contributed by atoms with Gasteiger partial charge in [0.15, 0.2) is 24.1 Å². The summed E-state index contributed by atoms with van der Waals surface area (Å²) >= 11 is 6.13. The minimum Gasteiger partial charge on any atom is -0.487 e. The van der Waals surface area contributed by atoms with Gasteiger partial charge >= 0.3 is 0 Å². The first-order valence-corrected chi connectivity index (χ1v) is 9.46. The molecule has 0 spiro atoms. The van der Waals surface area contributed by atoms with Crippen LogP contribution in [0.25, 0.3) is 5.69 Å². The number of benzene rings is 2. The lowest BCUT2D eigenvalue weighted by molar-refractivity contribution is 0.109. The van der Waals surface area contributed by atoms with E-state index in [2.05, 4.69) is 0 Å². The number of hydrogen-bond donors (Lipinski definition) is 0. The van der Waals surface area contributed by atoms with Crippen LogP contribution in [0, 0.1) is 0 Å². The van der Waals surface area contributed by atoms with Crippen molar-refractivity contribution in [1.29, 1.82) is 0 Å². The Morgan fingerprint density at radius 2 is 1.73 bits per heavy atom. The fourth-order valence-electron chi connectivity index (χ4n) is 3.09. The molecule has 0 N–H and O–H groups in total. The molecule has 0 saturated heterocycles. The zero-order valence-corrected chi connectivity index (χ0v) is 16.4. The van der Waals surface area contributed by atoms with Gasteiger partial charge in [0, 0.05) is 23.4 Å². The molecule has 30 heavy (non-hydrogen) atoms. The van der Waals surface area contributed by atoms with Crippen LogP contribution in [0.2, 0.25) is 5.02 Å². The topological polar surface area (TPSA) is 83.8 Å². The highest BCUT2D eigenvalue weighted by atomic mass is 35.5. The van der Waals surface area contributed by atoms with E-state index in [1.165, 1.54) is 16.7 Å². The average molecular weight is 426 g/mol. The monoisotopic (exact) mass is 425 g/mol. The first kappa shape index (κ1) is 19.7. The summed E-state index contributed by atoms with van der Waals surface area (Å²) in [5.41, 5.74) is 1.07. The second kappa shape index (κ2) is 8.42. The Balaban J connectivity index is 1.61. The Labute approximate surface area is 176 Å². The third-order valence-electron chi connectivity index (χ3n) is 4.60. The minimum atomic E-state index is -0.273. The van der Waals surface area contributed by atoms with Crippen LogP contribution < -0.4 is 19.8 Å². The highest BCUT2D eigenvalue weighted by molar-refractivity contribution is 6.32. The number of rotatable bonds is 6. The molecule has 0 saturated carbocycles. The summed E-state index contributed by atoms with van der Waals surface area (Å²) in [5, 5.41) is 0.172. The first-order chi connectivity index (χ1) is 14.6. The van der Waals surface area contributed by atoms with Crippen molar-refractivity contribution in [2.24, 2.45) is 0 Å². The van der Waals surface area contributed by atoms with E-state index in [1.807, 2.05) is 0 Å². The third kappa shape index (κ3) is 3.79. The summed E-state index contributed by atoms with van der Waals surface area (Å²) < 4.78 is 18.2. The van der Waals surface area contributed by atoms with E-state index in [1.54, 1.807) is 36.5 Å². The quantitative estimate of drug-likeness (QED) is 0.562. The van der Waals surface area contributed by atoms with Crippen molar-refractivity contribution in [2.45, 2.75) is 6.61 Å². The minimum absolute atomic E-state index is 0.0668. The normalized spacial score (nSPS) is 12.3. The largest absolute Gasteiger partial charge is 0.487 e. The fourth-order valence-corrected chi connectivity index (χ4v) is 3.32. The van der Waals surface area contributed by atoms with Crippen molar-refractivity contribution in [1.82, 2.24) is 4.57 Å². The van der Waals surface area contributed by atoms with Crippen LogP contribution >= 0.6 is 11.6 Å². The number of nitrogens with zero attached hydrogens (tertiary/aromatic N) is 1. The molecule has 0 atom stereocenters. The summed E-state index contributed by atoms with van der Waals surface area (Å²) in [6, 6.07) is 11.4. The molecule has 4 rings (SSSR count). The van der Waals surface area contributed by atoms with E-state index >= 15 is 0 Å². The number of pyridine rings is 1. The van der Waals surface area contributed by atoms with Gasteiger partial charge in [-0.25, -0.2) is 0 Å². The molecule has 8 heteroatoms. The molecule has 152 valence electrons. The maximum Gasteiger partial charge on any atom is 0.261 e. The second-order valence-corrected chi connectivity index (χ2v) is 6.88. The Kier molecular flexibility index (Phi) is 5.54. The Morgan fingerprint density at radius 1 is 1.00 bits per heavy atom. The van der Waals surface area contributed by atoms with E-state index in [0.717, 1.165) is 0 Å². The van der Waals surface area contributed by atoms with Crippen molar-refractivity contribution in [3.8, 4) is 22.9 Å². The second-order valence-electron chi connectivity index (χ2n) is 6.47. The molecule has 0 bridgehead atoms. The fraction of sp³-hybridized carbons (Fsp3) is 0.136. The van der Waals surface area contributed by atoms with Gasteiger partial charge in [0.25, 0.3) is 5.56 Å². The first-order valence-electron chi connectivity index (χ1n) is 9.08. The molecule has 0 radical (unpaired) electrons. The van der Waals surface area contributed by atoms with Crippen LogP contribution in [0.1, 0.15) is 26.3 Å². The molecule has 0 amide bonds. The van der Waals surface area contributed by atoms with Gasteiger partial charge in [0.2, 0.25) is 0 Å². The van der Waals surface area contributed by atoms with Gasteiger partial charge in [-0.3, -0.25) is 19.0 Å². The van der Waals surface area contributed by atoms with Gasteiger partial charge in [0.05, 0.1) is 16.3 Å². The van der Waals surface area contributed by atoms with Crippen molar-refractivity contribution in [3.05, 3.63) is 80.7 Å². The molecule has 0 aliphatic carbocycles. The molecular formula is C22H16ClNO6. The van der Waals surface area contributed by atoms with Gasteiger partial charge in [-0.05, 0) is 36.4 Å². The van der Waals surface area contributed by atoms with E-state index in [4.69, 9.17) is 25.8 Å². The molecule has 1 aliphatic rings. The Morgan fingerprint density at radius 3 is 2.50 bits per heavy atom. The highest BCUT2D eigenvalue weighted by Gasteiger charge is 2.14. The summed E-state index contributed by atoms with van der Waals surface area (Å²) in [4.78, 5) is 35.1. The van der Waals surface area contributed by atoms with Crippen molar-refractivity contribution < 1.29 is 23.8 Å². The summed E-state index contributed by atoms with van der Waals surface area (Å²) in [6.07, 6.45) is 2.74. The summed E-state index contributed by atoms with van der Waals surface area (Å²) in [5.74, 6) is 1.42. The van der Waals surface area contributed by atoms with E-state index in [0.29, 0.717) is 48.5 Å². The molecule has 0 fully saturated rings. The maximum atomic E-state index is 12.9. The lowest BCUT2D eigenvalue weighted by Crippen LogP contribution is -2.23. The molecule has 2 heterocycles. The molecule has 0 unspecified atom stereocenters. The van der Waals surface area contributed by atoms with E-state index in [-0.39, 0.29) is 34.1 Å². The predicted molar refractivity (Wildman–Crippen MR) is 110 cm³/mol. The van der Waals surface area contributed by atoms with E-state index < -0.39 is 0 Å². The highest BCUT2D eigenvalue weighted by Crippen LogP contribution is 2.32. The summed E-state index contributed by atoms with van der Waals surface area (Å²) in [6.45, 7) is 0.871. The lowest BCUT2D eigenvalue weighted by Gasteiger charge is -2.19.